The van der Waals surface area contributed by atoms with E-state index in [4.69, 9.17) is 0 Å². The van der Waals surface area contributed by atoms with Crippen LogP contribution in [0.3, 0.4) is 0 Å². The molecule has 0 bridgehead atoms. The van der Waals surface area contributed by atoms with Crippen LogP contribution in [0.25, 0.3) is 0 Å². The molecule has 0 fully saturated rings. The van der Waals surface area contributed by atoms with Crippen LogP contribution in [-0.2, 0) is 6.42 Å². The van der Waals surface area contributed by atoms with Gasteiger partial charge in [-0.15, -0.1) is 10.2 Å². The molecule has 2 N–H and O–H groups in total. The molecule has 2 aromatic rings. The summed E-state index contributed by atoms with van der Waals surface area (Å²) in [5.74, 6) is -0.145. The number of hydrogen-bond acceptors (Lipinski definition) is 5. The van der Waals surface area contributed by atoms with E-state index in [1.807, 2.05) is 13.8 Å². The molecule has 0 radical (unpaired) electrons. The summed E-state index contributed by atoms with van der Waals surface area (Å²) in [6.45, 7) is 3.83. The molecule has 1 atom stereocenters. The Bertz CT molecular complexity index is 527. The van der Waals surface area contributed by atoms with E-state index in [2.05, 4.69) is 15.5 Å². The van der Waals surface area contributed by atoms with Crippen LogP contribution in [0, 0.1) is 11.7 Å². The number of halogens is 1. The van der Waals surface area contributed by atoms with Crippen molar-refractivity contribution in [3.63, 3.8) is 0 Å². The zero-order chi connectivity index (χ0) is 13.8. The standard InChI is InChI=1S/C13H16FN3OS/c1-8(2)12(18)15-13-17-16-11(19-13)7-9-3-5-10(14)6-4-9/h3-6,8,12,18H,7H2,1-2H3,(H,15,17). The molecule has 102 valence electrons. The first-order valence-corrected chi connectivity index (χ1v) is 6.87. The zero-order valence-electron chi connectivity index (χ0n) is 10.8. The van der Waals surface area contributed by atoms with Gasteiger partial charge >= 0.3 is 0 Å². The van der Waals surface area contributed by atoms with E-state index in [0.717, 1.165) is 10.6 Å². The third kappa shape index (κ3) is 3.97. The first-order valence-electron chi connectivity index (χ1n) is 6.06. The topological polar surface area (TPSA) is 58.0 Å². The Balaban J connectivity index is 1.99. The first-order chi connectivity index (χ1) is 9.04. The second-order valence-corrected chi connectivity index (χ2v) is 5.70. The number of aliphatic hydroxyl groups excluding tert-OH is 1. The van der Waals surface area contributed by atoms with Crippen molar-refractivity contribution in [2.75, 3.05) is 5.32 Å². The van der Waals surface area contributed by atoms with E-state index in [1.165, 1.54) is 23.5 Å². The average molecular weight is 281 g/mol. The number of aromatic nitrogens is 2. The highest BCUT2D eigenvalue weighted by Gasteiger charge is 2.12. The Morgan fingerprint density at radius 3 is 2.58 bits per heavy atom. The Labute approximate surface area is 115 Å². The minimum Gasteiger partial charge on any atom is -0.373 e. The van der Waals surface area contributed by atoms with Gasteiger partial charge < -0.3 is 10.4 Å². The van der Waals surface area contributed by atoms with Crippen molar-refractivity contribution in [2.45, 2.75) is 26.5 Å². The molecule has 0 saturated heterocycles. The maximum atomic E-state index is 12.8. The van der Waals surface area contributed by atoms with Gasteiger partial charge in [0, 0.05) is 6.42 Å². The molecule has 0 spiro atoms. The normalized spacial score (nSPS) is 12.7. The molecule has 19 heavy (non-hydrogen) atoms. The molecule has 4 nitrogen and oxygen atoms in total. The third-order valence-corrected chi connectivity index (χ3v) is 3.49. The smallest absolute Gasteiger partial charge is 0.207 e. The number of aliphatic hydroxyl groups is 1. The van der Waals surface area contributed by atoms with Crippen molar-refractivity contribution in [2.24, 2.45) is 5.92 Å². The maximum absolute atomic E-state index is 12.8. The summed E-state index contributed by atoms with van der Waals surface area (Å²) in [4.78, 5) is 0. The Hall–Kier alpha value is -1.53. The zero-order valence-corrected chi connectivity index (χ0v) is 11.6. The Morgan fingerprint density at radius 2 is 1.95 bits per heavy atom. The van der Waals surface area contributed by atoms with Gasteiger partial charge in [0.15, 0.2) is 0 Å². The van der Waals surface area contributed by atoms with Gasteiger partial charge in [0.05, 0.1) is 0 Å². The van der Waals surface area contributed by atoms with E-state index in [9.17, 15) is 9.50 Å². The molecule has 0 aliphatic heterocycles. The van der Waals surface area contributed by atoms with Gasteiger partial charge in [0.2, 0.25) is 5.13 Å². The van der Waals surface area contributed by atoms with E-state index in [0.29, 0.717) is 11.6 Å². The highest BCUT2D eigenvalue weighted by molar-refractivity contribution is 7.15. The van der Waals surface area contributed by atoms with Gasteiger partial charge in [-0.1, -0.05) is 37.3 Å². The fourth-order valence-electron chi connectivity index (χ4n) is 1.45. The summed E-state index contributed by atoms with van der Waals surface area (Å²) in [5.41, 5.74) is 0.980. The van der Waals surface area contributed by atoms with Crippen molar-refractivity contribution in [1.29, 1.82) is 0 Å². The van der Waals surface area contributed by atoms with Crippen molar-refractivity contribution in [3.8, 4) is 0 Å². The summed E-state index contributed by atoms with van der Waals surface area (Å²) >= 11 is 1.39. The van der Waals surface area contributed by atoms with Crippen molar-refractivity contribution in [3.05, 3.63) is 40.7 Å². The van der Waals surface area contributed by atoms with Crippen LogP contribution < -0.4 is 5.32 Å². The minimum atomic E-state index is -0.633. The van der Waals surface area contributed by atoms with Crippen molar-refractivity contribution >= 4 is 16.5 Å². The Morgan fingerprint density at radius 1 is 1.26 bits per heavy atom. The predicted molar refractivity (Wildman–Crippen MR) is 73.6 cm³/mol. The first kappa shape index (κ1) is 13.9. The van der Waals surface area contributed by atoms with Crippen LogP contribution in [-0.4, -0.2) is 21.5 Å². The molecular formula is C13H16FN3OS. The van der Waals surface area contributed by atoms with E-state index < -0.39 is 6.23 Å². The molecule has 2 rings (SSSR count). The van der Waals surface area contributed by atoms with Crippen LogP contribution in [0.2, 0.25) is 0 Å². The van der Waals surface area contributed by atoms with Crippen LogP contribution >= 0.6 is 11.3 Å². The highest BCUT2D eigenvalue weighted by atomic mass is 32.1. The van der Waals surface area contributed by atoms with E-state index in [1.54, 1.807) is 12.1 Å². The summed E-state index contributed by atoms with van der Waals surface area (Å²) in [6, 6.07) is 6.32. The molecule has 1 unspecified atom stereocenters. The van der Waals surface area contributed by atoms with E-state index >= 15 is 0 Å². The quantitative estimate of drug-likeness (QED) is 0.827. The summed E-state index contributed by atoms with van der Waals surface area (Å²) in [6.07, 6.45) is -0.0242. The van der Waals surface area contributed by atoms with Gasteiger partial charge in [0.1, 0.15) is 17.1 Å². The molecule has 1 aromatic heterocycles. The fourth-order valence-corrected chi connectivity index (χ4v) is 2.26. The number of nitrogens with zero attached hydrogens (tertiary/aromatic N) is 2. The number of benzene rings is 1. The molecule has 1 heterocycles. The molecule has 0 amide bonds. The SMILES string of the molecule is CC(C)C(O)Nc1nnc(Cc2ccc(F)cc2)s1. The largest absolute Gasteiger partial charge is 0.373 e. The molecule has 0 aliphatic rings. The van der Waals surface area contributed by atoms with Gasteiger partial charge in [-0.2, -0.15) is 0 Å². The summed E-state index contributed by atoms with van der Waals surface area (Å²) in [5, 5.41) is 22.0. The second kappa shape index (κ2) is 6.08. The third-order valence-electron chi connectivity index (χ3n) is 2.64. The Kier molecular flexibility index (Phi) is 4.44. The predicted octanol–water partition coefficient (Wildman–Crippen LogP) is 2.65. The van der Waals surface area contributed by atoms with Crippen LogP contribution in [0.4, 0.5) is 9.52 Å². The summed E-state index contributed by atoms with van der Waals surface area (Å²) < 4.78 is 12.8. The highest BCUT2D eigenvalue weighted by Crippen LogP contribution is 2.20. The molecule has 1 aromatic carbocycles. The average Bonchev–Trinajstić information content (AvgIpc) is 2.79. The van der Waals surface area contributed by atoms with Gasteiger partial charge in [-0.25, -0.2) is 4.39 Å². The lowest BCUT2D eigenvalue weighted by atomic mass is 10.2. The van der Waals surface area contributed by atoms with Gasteiger partial charge in [0.25, 0.3) is 0 Å². The fraction of sp³-hybridized carbons (Fsp3) is 0.385. The van der Waals surface area contributed by atoms with Crippen molar-refractivity contribution in [1.82, 2.24) is 10.2 Å². The monoisotopic (exact) mass is 281 g/mol. The molecule has 0 saturated carbocycles. The summed E-state index contributed by atoms with van der Waals surface area (Å²) in [7, 11) is 0. The minimum absolute atomic E-state index is 0.101. The lowest BCUT2D eigenvalue weighted by Gasteiger charge is -2.14. The molecule has 0 aliphatic carbocycles. The maximum Gasteiger partial charge on any atom is 0.207 e. The number of nitrogens with one attached hydrogen (secondary N) is 1. The van der Waals surface area contributed by atoms with Crippen LogP contribution in [0.15, 0.2) is 24.3 Å². The lowest BCUT2D eigenvalue weighted by Crippen LogP contribution is -2.24. The lowest BCUT2D eigenvalue weighted by molar-refractivity contribution is 0.153. The number of rotatable bonds is 5. The van der Waals surface area contributed by atoms with Gasteiger partial charge in [-0.3, -0.25) is 0 Å². The van der Waals surface area contributed by atoms with E-state index in [-0.39, 0.29) is 11.7 Å². The molecular weight excluding hydrogens is 265 g/mol. The molecule has 6 heteroatoms. The number of anilines is 1. The second-order valence-electron chi connectivity index (χ2n) is 4.64. The van der Waals surface area contributed by atoms with Crippen LogP contribution in [0.1, 0.15) is 24.4 Å². The van der Waals surface area contributed by atoms with Crippen LogP contribution in [0.5, 0.6) is 0 Å². The van der Waals surface area contributed by atoms with Crippen molar-refractivity contribution < 1.29 is 9.50 Å². The number of hydrogen-bond donors (Lipinski definition) is 2. The van der Waals surface area contributed by atoms with Gasteiger partial charge in [-0.05, 0) is 23.6 Å².